The number of rotatable bonds is 3. The Hall–Kier alpha value is -1.53. The Morgan fingerprint density at radius 1 is 1.21 bits per heavy atom. The monoisotopic (exact) mass is 336 g/mol. The van der Waals surface area contributed by atoms with Gasteiger partial charge in [-0.2, -0.15) is 0 Å². The SMILES string of the molecule is Cc1cc(Nc2nccnc2C(N)=S)cc(C)c1Br. The average molecular weight is 337 g/mol. The van der Waals surface area contributed by atoms with Crippen molar-refractivity contribution in [3.8, 4) is 0 Å². The van der Waals surface area contributed by atoms with Gasteiger partial charge in [-0.1, -0.05) is 28.1 Å². The molecule has 0 saturated carbocycles. The summed E-state index contributed by atoms with van der Waals surface area (Å²) < 4.78 is 1.10. The Kier molecular flexibility index (Phi) is 4.11. The Labute approximate surface area is 125 Å². The van der Waals surface area contributed by atoms with Gasteiger partial charge in [0.2, 0.25) is 0 Å². The largest absolute Gasteiger partial charge is 0.388 e. The number of aromatic nitrogens is 2. The first kappa shape index (κ1) is 13.9. The van der Waals surface area contributed by atoms with Gasteiger partial charge < -0.3 is 11.1 Å². The van der Waals surface area contributed by atoms with Gasteiger partial charge in [0.15, 0.2) is 5.82 Å². The first-order chi connectivity index (χ1) is 8.99. The standard InChI is InChI=1S/C13H13BrN4S/c1-7-5-9(6-8(2)10(7)14)18-13-11(12(15)19)16-3-4-17-13/h3-6H,1-2H3,(H2,15,19)(H,17,18). The Morgan fingerprint density at radius 3 is 2.37 bits per heavy atom. The topological polar surface area (TPSA) is 63.8 Å². The van der Waals surface area contributed by atoms with Crippen LogP contribution >= 0.6 is 28.1 Å². The summed E-state index contributed by atoms with van der Waals surface area (Å²) in [5.74, 6) is 0.566. The van der Waals surface area contributed by atoms with Gasteiger partial charge in [-0.05, 0) is 37.1 Å². The van der Waals surface area contributed by atoms with Crippen molar-refractivity contribution < 1.29 is 0 Å². The van der Waals surface area contributed by atoms with E-state index in [-0.39, 0.29) is 4.99 Å². The van der Waals surface area contributed by atoms with E-state index in [1.807, 2.05) is 26.0 Å². The summed E-state index contributed by atoms with van der Waals surface area (Å²) in [4.78, 5) is 8.58. The molecule has 0 atom stereocenters. The van der Waals surface area contributed by atoms with Crippen molar-refractivity contribution in [2.45, 2.75) is 13.8 Å². The average Bonchev–Trinajstić information content (AvgIpc) is 2.36. The van der Waals surface area contributed by atoms with Gasteiger partial charge in [-0.25, -0.2) is 9.97 Å². The van der Waals surface area contributed by atoms with Gasteiger partial charge in [-0.3, -0.25) is 0 Å². The van der Waals surface area contributed by atoms with Crippen LogP contribution in [0.4, 0.5) is 11.5 Å². The van der Waals surface area contributed by atoms with Crippen LogP contribution in [-0.4, -0.2) is 15.0 Å². The maximum absolute atomic E-state index is 5.63. The molecule has 0 amide bonds. The fraction of sp³-hybridized carbons (Fsp3) is 0.154. The number of aryl methyl sites for hydroxylation is 2. The van der Waals surface area contributed by atoms with Crippen molar-refractivity contribution in [2.75, 3.05) is 5.32 Å². The zero-order valence-electron chi connectivity index (χ0n) is 10.6. The molecule has 0 aliphatic rings. The van der Waals surface area contributed by atoms with E-state index < -0.39 is 0 Å². The van der Waals surface area contributed by atoms with Crippen LogP contribution in [0.15, 0.2) is 29.0 Å². The summed E-state index contributed by atoms with van der Waals surface area (Å²) in [5.41, 5.74) is 9.34. The number of hydrogen-bond donors (Lipinski definition) is 2. The smallest absolute Gasteiger partial charge is 0.159 e. The highest BCUT2D eigenvalue weighted by Gasteiger charge is 2.09. The van der Waals surface area contributed by atoms with Crippen LogP contribution in [0.1, 0.15) is 16.8 Å². The maximum atomic E-state index is 5.63. The van der Waals surface area contributed by atoms with Crippen LogP contribution in [0, 0.1) is 13.8 Å². The molecule has 2 rings (SSSR count). The van der Waals surface area contributed by atoms with Crippen LogP contribution in [-0.2, 0) is 0 Å². The Bertz CT molecular complexity index is 619. The van der Waals surface area contributed by atoms with Crippen molar-refractivity contribution in [3.63, 3.8) is 0 Å². The highest BCUT2D eigenvalue weighted by Crippen LogP contribution is 2.27. The van der Waals surface area contributed by atoms with Gasteiger partial charge in [0.25, 0.3) is 0 Å². The maximum Gasteiger partial charge on any atom is 0.159 e. The third kappa shape index (κ3) is 3.08. The molecule has 1 aromatic carbocycles. The van der Waals surface area contributed by atoms with Crippen molar-refractivity contribution >= 4 is 44.6 Å². The quantitative estimate of drug-likeness (QED) is 0.842. The van der Waals surface area contributed by atoms with Crippen LogP contribution in [0.2, 0.25) is 0 Å². The predicted octanol–water partition coefficient (Wildman–Crippen LogP) is 3.23. The summed E-state index contributed by atoms with van der Waals surface area (Å²) in [6, 6.07) is 4.05. The predicted molar refractivity (Wildman–Crippen MR) is 84.8 cm³/mol. The number of nitrogens with two attached hydrogens (primary N) is 1. The third-order valence-electron chi connectivity index (χ3n) is 2.63. The lowest BCUT2D eigenvalue weighted by atomic mass is 10.1. The van der Waals surface area contributed by atoms with E-state index in [0.717, 1.165) is 21.3 Å². The minimum atomic E-state index is 0.223. The summed E-state index contributed by atoms with van der Waals surface area (Å²) in [6.07, 6.45) is 3.17. The number of thiocarbonyl (C=S) groups is 1. The van der Waals surface area contributed by atoms with Crippen molar-refractivity contribution in [1.29, 1.82) is 0 Å². The normalized spacial score (nSPS) is 10.3. The minimum Gasteiger partial charge on any atom is -0.388 e. The zero-order valence-corrected chi connectivity index (χ0v) is 13.0. The molecule has 0 unspecified atom stereocenters. The number of halogens is 1. The second kappa shape index (κ2) is 5.63. The zero-order chi connectivity index (χ0) is 14.0. The van der Waals surface area contributed by atoms with E-state index >= 15 is 0 Å². The fourth-order valence-electron chi connectivity index (χ4n) is 1.76. The molecule has 0 spiro atoms. The molecular weight excluding hydrogens is 324 g/mol. The van der Waals surface area contributed by atoms with E-state index in [1.165, 1.54) is 0 Å². The lowest BCUT2D eigenvalue weighted by Gasteiger charge is -2.11. The molecule has 1 aromatic heterocycles. The third-order valence-corrected chi connectivity index (χ3v) is 4.08. The van der Waals surface area contributed by atoms with E-state index in [1.54, 1.807) is 12.4 Å². The van der Waals surface area contributed by atoms with Gasteiger partial charge in [0, 0.05) is 22.6 Å². The van der Waals surface area contributed by atoms with Gasteiger partial charge in [-0.15, -0.1) is 0 Å². The number of anilines is 2. The van der Waals surface area contributed by atoms with Crippen LogP contribution in [0.25, 0.3) is 0 Å². The molecule has 1 heterocycles. The lowest BCUT2D eigenvalue weighted by Crippen LogP contribution is -2.15. The number of hydrogen-bond acceptors (Lipinski definition) is 4. The molecule has 19 heavy (non-hydrogen) atoms. The molecule has 6 heteroatoms. The summed E-state index contributed by atoms with van der Waals surface area (Å²) in [5, 5.41) is 3.20. The van der Waals surface area contributed by atoms with Crippen molar-refractivity contribution in [2.24, 2.45) is 5.73 Å². The Morgan fingerprint density at radius 2 is 1.79 bits per heavy atom. The van der Waals surface area contributed by atoms with Crippen molar-refractivity contribution in [3.05, 3.63) is 45.8 Å². The lowest BCUT2D eigenvalue weighted by molar-refractivity contribution is 1.17. The van der Waals surface area contributed by atoms with E-state index in [2.05, 4.69) is 31.2 Å². The molecule has 2 aromatic rings. The van der Waals surface area contributed by atoms with Gasteiger partial charge >= 0.3 is 0 Å². The van der Waals surface area contributed by atoms with E-state index in [0.29, 0.717) is 11.5 Å². The molecule has 3 N–H and O–H groups in total. The highest BCUT2D eigenvalue weighted by atomic mass is 79.9. The number of nitrogens with zero attached hydrogens (tertiary/aromatic N) is 2. The minimum absolute atomic E-state index is 0.223. The van der Waals surface area contributed by atoms with Crippen LogP contribution in [0.5, 0.6) is 0 Å². The molecule has 4 nitrogen and oxygen atoms in total. The van der Waals surface area contributed by atoms with E-state index in [4.69, 9.17) is 18.0 Å². The van der Waals surface area contributed by atoms with Gasteiger partial charge in [0.1, 0.15) is 10.7 Å². The molecule has 0 bridgehead atoms. The molecular formula is C13H13BrN4S. The summed E-state index contributed by atoms with van der Waals surface area (Å²) >= 11 is 8.51. The molecule has 0 saturated heterocycles. The second-order valence-electron chi connectivity index (χ2n) is 4.17. The number of nitrogens with one attached hydrogen (secondary N) is 1. The molecule has 0 aliphatic heterocycles. The van der Waals surface area contributed by atoms with Crippen LogP contribution in [0.3, 0.4) is 0 Å². The van der Waals surface area contributed by atoms with E-state index in [9.17, 15) is 0 Å². The summed E-state index contributed by atoms with van der Waals surface area (Å²) in [6.45, 7) is 4.07. The molecule has 0 fully saturated rings. The summed E-state index contributed by atoms with van der Waals surface area (Å²) in [7, 11) is 0. The first-order valence-electron chi connectivity index (χ1n) is 5.63. The highest BCUT2D eigenvalue weighted by molar-refractivity contribution is 9.10. The van der Waals surface area contributed by atoms with Crippen molar-refractivity contribution in [1.82, 2.24) is 9.97 Å². The molecule has 0 radical (unpaired) electrons. The van der Waals surface area contributed by atoms with Crippen LogP contribution < -0.4 is 11.1 Å². The van der Waals surface area contributed by atoms with Gasteiger partial charge in [0.05, 0.1) is 0 Å². The molecule has 0 aliphatic carbocycles. The Balaban J connectivity index is 2.39. The molecule has 98 valence electrons. The number of benzene rings is 1. The second-order valence-corrected chi connectivity index (χ2v) is 5.40. The fourth-order valence-corrected chi connectivity index (χ4v) is 2.14. The first-order valence-corrected chi connectivity index (χ1v) is 6.83.